The van der Waals surface area contributed by atoms with E-state index < -0.39 is 5.41 Å². The van der Waals surface area contributed by atoms with Crippen LogP contribution < -0.4 is 0 Å². The van der Waals surface area contributed by atoms with Crippen LogP contribution in [0.3, 0.4) is 0 Å². The average molecular weight is 252 g/mol. The molecule has 82 valence electrons. The highest BCUT2D eigenvalue weighted by molar-refractivity contribution is 6.36. The summed E-state index contributed by atoms with van der Waals surface area (Å²) in [6, 6.07) is 7.90. The molecule has 1 nitrogen and oxygen atoms in total. The third-order valence-corrected chi connectivity index (χ3v) is 4.60. The highest BCUT2D eigenvalue weighted by Gasteiger charge is 2.62. The number of hydrogen-bond donors (Lipinski definition) is 0. The summed E-state index contributed by atoms with van der Waals surface area (Å²) in [6.07, 6.45) is 4.39. The molecule has 2 aliphatic rings. The van der Waals surface area contributed by atoms with Crippen molar-refractivity contribution in [3.63, 3.8) is 0 Å². The second-order valence-corrected chi connectivity index (χ2v) is 5.96. The van der Waals surface area contributed by atoms with Crippen molar-refractivity contribution in [1.82, 2.24) is 0 Å². The largest absolute Gasteiger partial charge is 0.197 e. The number of halogens is 2. The van der Waals surface area contributed by atoms with Crippen LogP contribution in [0.4, 0.5) is 0 Å². The van der Waals surface area contributed by atoms with Crippen LogP contribution in [0, 0.1) is 16.7 Å². The number of nitrogens with zero attached hydrogens (tertiary/aromatic N) is 1. The number of nitriles is 1. The van der Waals surface area contributed by atoms with E-state index in [1.165, 1.54) is 12.8 Å². The zero-order chi connectivity index (χ0) is 11.4. The van der Waals surface area contributed by atoms with E-state index in [4.69, 9.17) is 23.2 Å². The van der Waals surface area contributed by atoms with Crippen molar-refractivity contribution in [1.29, 1.82) is 5.26 Å². The Labute approximate surface area is 105 Å². The smallest absolute Gasteiger partial charge is 0.0861 e. The Bertz CT molecular complexity index is 469. The van der Waals surface area contributed by atoms with Crippen LogP contribution in [-0.4, -0.2) is 0 Å². The SMILES string of the molecule is N#CC1(c2c(Cl)cccc2Cl)CC2(CC2)C1. The minimum atomic E-state index is -0.425. The van der Waals surface area contributed by atoms with Gasteiger partial charge < -0.3 is 0 Å². The summed E-state index contributed by atoms with van der Waals surface area (Å²) >= 11 is 12.4. The van der Waals surface area contributed by atoms with E-state index in [9.17, 15) is 5.26 Å². The van der Waals surface area contributed by atoms with Gasteiger partial charge in [0.2, 0.25) is 0 Å². The van der Waals surface area contributed by atoms with Crippen LogP contribution in [0.2, 0.25) is 10.0 Å². The van der Waals surface area contributed by atoms with Crippen molar-refractivity contribution in [3.05, 3.63) is 33.8 Å². The topological polar surface area (TPSA) is 23.8 Å². The van der Waals surface area contributed by atoms with E-state index in [2.05, 4.69) is 6.07 Å². The van der Waals surface area contributed by atoms with Gasteiger partial charge in [0, 0.05) is 15.6 Å². The minimum absolute atomic E-state index is 0.425. The average Bonchev–Trinajstić information content (AvgIpc) is 2.96. The molecule has 1 aromatic rings. The summed E-state index contributed by atoms with van der Waals surface area (Å²) in [4.78, 5) is 0. The molecule has 0 amide bonds. The molecule has 0 unspecified atom stereocenters. The van der Waals surface area contributed by atoms with Crippen LogP contribution in [0.15, 0.2) is 18.2 Å². The predicted molar refractivity (Wildman–Crippen MR) is 64.7 cm³/mol. The van der Waals surface area contributed by atoms with Crippen LogP contribution in [0.1, 0.15) is 31.2 Å². The van der Waals surface area contributed by atoms with Crippen molar-refractivity contribution in [2.24, 2.45) is 5.41 Å². The lowest BCUT2D eigenvalue weighted by Gasteiger charge is -2.44. The lowest BCUT2D eigenvalue weighted by atomic mass is 9.57. The molecule has 1 aromatic carbocycles. The van der Waals surface area contributed by atoms with Gasteiger partial charge in [-0.15, -0.1) is 0 Å². The third-order valence-electron chi connectivity index (χ3n) is 3.97. The summed E-state index contributed by atoms with van der Waals surface area (Å²) in [7, 11) is 0. The molecule has 0 bridgehead atoms. The van der Waals surface area contributed by atoms with Gasteiger partial charge in [-0.25, -0.2) is 0 Å². The summed E-state index contributed by atoms with van der Waals surface area (Å²) in [5.41, 5.74) is 0.878. The van der Waals surface area contributed by atoms with Crippen molar-refractivity contribution in [2.45, 2.75) is 31.1 Å². The van der Waals surface area contributed by atoms with Gasteiger partial charge in [-0.3, -0.25) is 0 Å². The van der Waals surface area contributed by atoms with Crippen LogP contribution in [-0.2, 0) is 5.41 Å². The lowest BCUT2D eigenvalue weighted by Crippen LogP contribution is -2.41. The fourth-order valence-electron chi connectivity index (χ4n) is 3.03. The molecule has 0 saturated heterocycles. The zero-order valence-electron chi connectivity index (χ0n) is 8.76. The van der Waals surface area contributed by atoms with Gasteiger partial charge in [0.05, 0.1) is 11.5 Å². The predicted octanol–water partition coefficient (Wildman–Crippen LogP) is 4.33. The van der Waals surface area contributed by atoms with Gasteiger partial charge in [0.1, 0.15) is 0 Å². The molecule has 2 aliphatic carbocycles. The molecule has 2 fully saturated rings. The summed E-state index contributed by atoms with van der Waals surface area (Å²) in [6.45, 7) is 0. The lowest BCUT2D eigenvalue weighted by molar-refractivity contribution is 0.173. The van der Waals surface area contributed by atoms with E-state index in [1.54, 1.807) is 0 Å². The van der Waals surface area contributed by atoms with Crippen molar-refractivity contribution >= 4 is 23.2 Å². The second-order valence-electron chi connectivity index (χ2n) is 5.14. The molecule has 0 radical (unpaired) electrons. The molecule has 0 aliphatic heterocycles. The molecular weight excluding hydrogens is 241 g/mol. The molecule has 0 atom stereocenters. The van der Waals surface area contributed by atoms with Gasteiger partial charge in [-0.1, -0.05) is 29.3 Å². The fraction of sp³-hybridized carbons (Fsp3) is 0.462. The fourth-order valence-corrected chi connectivity index (χ4v) is 3.78. The summed E-state index contributed by atoms with van der Waals surface area (Å²) < 4.78 is 0. The molecule has 3 rings (SSSR count). The van der Waals surface area contributed by atoms with Gasteiger partial charge in [-0.2, -0.15) is 5.26 Å². The first kappa shape index (κ1) is 10.4. The molecule has 1 spiro atoms. The Morgan fingerprint density at radius 1 is 1.12 bits per heavy atom. The van der Waals surface area contributed by atoms with E-state index in [0.717, 1.165) is 18.4 Å². The second kappa shape index (κ2) is 3.15. The molecule has 2 saturated carbocycles. The molecule has 0 aromatic heterocycles. The Balaban J connectivity index is 2.05. The molecule has 16 heavy (non-hydrogen) atoms. The quantitative estimate of drug-likeness (QED) is 0.729. The van der Waals surface area contributed by atoms with Gasteiger partial charge in [0.15, 0.2) is 0 Å². The maximum absolute atomic E-state index is 9.43. The van der Waals surface area contributed by atoms with E-state index in [-0.39, 0.29) is 0 Å². The van der Waals surface area contributed by atoms with Gasteiger partial charge in [0.25, 0.3) is 0 Å². The van der Waals surface area contributed by atoms with Gasteiger partial charge >= 0.3 is 0 Å². The normalized spacial score (nSPS) is 23.6. The monoisotopic (exact) mass is 251 g/mol. The van der Waals surface area contributed by atoms with E-state index in [0.29, 0.717) is 15.5 Å². The molecule has 0 N–H and O–H groups in total. The first-order chi connectivity index (χ1) is 7.61. The van der Waals surface area contributed by atoms with Crippen LogP contribution in [0.5, 0.6) is 0 Å². The third kappa shape index (κ3) is 1.30. The van der Waals surface area contributed by atoms with Crippen molar-refractivity contribution in [2.75, 3.05) is 0 Å². The van der Waals surface area contributed by atoms with E-state index >= 15 is 0 Å². The molecular formula is C13H11Cl2N. The summed E-state index contributed by atoms with van der Waals surface area (Å²) in [5, 5.41) is 10.7. The highest BCUT2D eigenvalue weighted by atomic mass is 35.5. The molecule has 3 heteroatoms. The molecule has 0 heterocycles. The van der Waals surface area contributed by atoms with Crippen molar-refractivity contribution in [3.8, 4) is 6.07 Å². The summed E-state index contributed by atoms with van der Waals surface area (Å²) in [5.74, 6) is 0. The van der Waals surface area contributed by atoms with Crippen molar-refractivity contribution < 1.29 is 0 Å². The zero-order valence-corrected chi connectivity index (χ0v) is 10.3. The number of hydrogen-bond acceptors (Lipinski definition) is 1. The van der Waals surface area contributed by atoms with Crippen LogP contribution in [0.25, 0.3) is 0 Å². The van der Waals surface area contributed by atoms with Gasteiger partial charge in [-0.05, 0) is 43.2 Å². The standard InChI is InChI=1S/C13H11Cl2N/c14-9-2-1-3-10(15)11(9)13(8-16)6-12(7-13)4-5-12/h1-3H,4-7H2. The van der Waals surface area contributed by atoms with E-state index in [1.807, 2.05) is 18.2 Å². The maximum Gasteiger partial charge on any atom is 0.0861 e. The first-order valence-corrected chi connectivity index (χ1v) is 6.22. The Morgan fingerprint density at radius 2 is 1.69 bits per heavy atom. The van der Waals surface area contributed by atoms with Crippen LogP contribution >= 0.6 is 23.2 Å². The Hall–Kier alpha value is -0.710. The highest BCUT2D eigenvalue weighted by Crippen LogP contribution is 2.69. The maximum atomic E-state index is 9.43. The minimum Gasteiger partial charge on any atom is -0.197 e. The Morgan fingerprint density at radius 3 is 2.12 bits per heavy atom. The Kier molecular flexibility index (Phi) is 2.06. The number of rotatable bonds is 1. The number of benzene rings is 1. The first-order valence-electron chi connectivity index (χ1n) is 5.47.